The van der Waals surface area contributed by atoms with Crippen LogP contribution in [-0.4, -0.2) is 9.97 Å². The summed E-state index contributed by atoms with van der Waals surface area (Å²) < 4.78 is 20.0. The van der Waals surface area contributed by atoms with Gasteiger partial charge in [0.05, 0.1) is 10.9 Å². The van der Waals surface area contributed by atoms with E-state index in [1.165, 1.54) is 0 Å². The standard InChI is InChI=1S/C21H16FN3O/c22-19(14-8-3-1-4-9-14)26-17-13-7-12-16-18(17)20(23)25-21(24-16)15-10-5-2-6-11-15/h1-13,19H,(H2,23,24,25). The van der Waals surface area contributed by atoms with Crippen LogP contribution in [0.25, 0.3) is 22.3 Å². The van der Waals surface area contributed by atoms with Crippen LogP contribution in [0.4, 0.5) is 10.2 Å². The highest BCUT2D eigenvalue weighted by Gasteiger charge is 2.16. The first-order valence-corrected chi connectivity index (χ1v) is 8.20. The van der Waals surface area contributed by atoms with Crippen LogP contribution in [0.1, 0.15) is 11.9 Å². The van der Waals surface area contributed by atoms with E-state index in [9.17, 15) is 4.39 Å². The summed E-state index contributed by atoms with van der Waals surface area (Å²) in [5.41, 5.74) is 8.06. The molecule has 4 rings (SSSR count). The fourth-order valence-corrected chi connectivity index (χ4v) is 2.78. The van der Waals surface area contributed by atoms with Gasteiger partial charge < -0.3 is 10.5 Å². The monoisotopic (exact) mass is 345 g/mol. The molecule has 0 radical (unpaired) electrons. The Kier molecular flexibility index (Phi) is 4.19. The van der Waals surface area contributed by atoms with Crippen molar-refractivity contribution in [2.75, 3.05) is 5.73 Å². The Bertz CT molecular complexity index is 1040. The molecule has 1 atom stereocenters. The highest BCUT2D eigenvalue weighted by molar-refractivity contribution is 5.94. The first-order chi connectivity index (χ1) is 12.7. The summed E-state index contributed by atoms with van der Waals surface area (Å²) in [7, 11) is 0. The highest BCUT2D eigenvalue weighted by Crippen LogP contribution is 2.33. The number of alkyl halides is 1. The van der Waals surface area contributed by atoms with Crippen molar-refractivity contribution in [3.05, 3.63) is 84.4 Å². The molecule has 0 saturated carbocycles. The molecular formula is C21H16FN3O. The van der Waals surface area contributed by atoms with E-state index in [1.54, 1.807) is 36.4 Å². The van der Waals surface area contributed by atoms with E-state index in [0.717, 1.165) is 5.56 Å². The Morgan fingerprint density at radius 2 is 1.50 bits per heavy atom. The van der Waals surface area contributed by atoms with Crippen molar-refractivity contribution in [2.45, 2.75) is 6.36 Å². The minimum absolute atomic E-state index is 0.254. The lowest BCUT2D eigenvalue weighted by Crippen LogP contribution is -2.04. The van der Waals surface area contributed by atoms with Crippen LogP contribution in [0.2, 0.25) is 0 Å². The maximum absolute atomic E-state index is 14.5. The van der Waals surface area contributed by atoms with Gasteiger partial charge in [0, 0.05) is 11.1 Å². The molecule has 1 heterocycles. The Hall–Kier alpha value is -3.47. The summed E-state index contributed by atoms with van der Waals surface area (Å²) in [6.07, 6.45) is -1.60. The van der Waals surface area contributed by atoms with Crippen molar-refractivity contribution in [1.29, 1.82) is 0 Å². The van der Waals surface area contributed by atoms with Gasteiger partial charge in [-0.1, -0.05) is 66.7 Å². The molecule has 0 spiro atoms. The molecule has 0 aliphatic carbocycles. The van der Waals surface area contributed by atoms with Crippen molar-refractivity contribution in [3.63, 3.8) is 0 Å². The van der Waals surface area contributed by atoms with Gasteiger partial charge in [-0.25, -0.2) is 9.97 Å². The van der Waals surface area contributed by atoms with Gasteiger partial charge in [-0.05, 0) is 12.1 Å². The number of hydrogen-bond donors (Lipinski definition) is 1. The smallest absolute Gasteiger partial charge is 0.264 e. The van der Waals surface area contributed by atoms with E-state index in [2.05, 4.69) is 9.97 Å². The molecule has 0 bridgehead atoms. The summed E-state index contributed by atoms with van der Waals surface area (Å²) in [6, 6.07) is 23.5. The maximum atomic E-state index is 14.5. The molecule has 0 aliphatic rings. The van der Waals surface area contributed by atoms with Crippen molar-refractivity contribution in [2.24, 2.45) is 0 Å². The molecule has 5 heteroatoms. The third kappa shape index (κ3) is 3.07. The lowest BCUT2D eigenvalue weighted by Gasteiger charge is -2.14. The molecule has 1 aromatic heterocycles. The van der Waals surface area contributed by atoms with E-state index >= 15 is 0 Å². The number of halogens is 1. The van der Waals surface area contributed by atoms with Crippen LogP contribution in [0, 0.1) is 0 Å². The second kappa shape index (κ2) is 6.80. The third-order valence-corrected chi connectivity index (χ3v) is 4.04. The number of nitrogen functional groups attached to an aromatic ring is 1. The Morgan fingerprint density at radius 1 is 0.808 bits per heavy atom. The summed E-state index contributed by atoms with van der Waals surface area (Å²) in [6.45, 7) is 0. The number of benzene rings is 3. The van der Waals surface area contributed by atoms with E-state index in [-0.39, 0.29) is 5.82 Å². The summed E-state index contributed by atoms with van der Waals surface area (Å²) in [4.78, 5) is 8.93. The van der Waals surface area contributed by atoms with Crippen LogP contribution >= 0.6 is 0 Å². The second-order valence-electron chi connectivity index (χ2n) is 5.79. The van der Waals surface area contributed by atoms with Gasteiger partial charge in [-0.15, -0.1) is 0 Å². The fraction of sp³-hybridized carbons (Fsp3) is 0.0476. The van der Waals surface area contributed by atoms with Gasteiger partial charge in [0.15, 0.2) is 5.82 Å². The predicted molar refractivity (Wildman–Crippen MR) is 100 cm³/mol. The number of nitrogens with two attached hydrogens (primary N) is 1. The molecule has 1 unspecified atom stereocenters. The van der Waals surface area contributed by atoms with E-state index in [1.807, 2.05) is 42.5 Å². The molecule has 0 fully saturated rings. The molecule has 0 saturated heterocycles. The van der Waals surface area contributed by atoms with E-state index < -0.39 is 6.36 Å². The molecule has 4 aromatic rings. The molecule has 26 heavy (non-hydrogen) atoms. The number of ether oxygens (including phenoxy) is 1. The Balaban J connectivity index is 1.75. The predicted octanol–water partition coefficient (Wildman–Crippen LogP) is 4.93. The maximum Gasteiger partial charge on any atom is 0.264 e. The first kappa shape index (κ1) is 16.0. The van der Waals surface area contributed by atoms with Crippen molar-refractivity contribution < 1.29 is 9.13 Å². The highest BCUT2D eigenvalue weighted by atomic mass is 19.1. The zero-order chi connectivity index (χ0) is 17.9. The quantitative estimate of drug-likeness (QED) is 0.570. The molecule has 4 nitrogen and oxygen atoms in total. The minimum Gasteiger partial charge on any atom is -0.455 e. The number of fused-ring (bicyclic) bond motifs is 1. The second-order valence-corrected chi connectivity index (χ2v) is 5.79. The lowest BCUT2D eigenvalue weighted by atomic mass is 10.1. The van der Waals surface area contributed by atoms with Crippen LogP contribution in [-0.2, 0) is 0 Å². The van der Waals surface area contributed by atoms with Crippen molar-refractivity contribution in [3.8, 4) is 17.1 Å². The number of nitrogens with zero attached hydrogens (tertiary/aromatic N) is 2. The van der Waals surface area contributed by atoms with Crippen molar-refractivity contribution in [1.82, 2.24) is 9.97 Å². The lowest BCUT2D eigenvalue weighted by molar-refractivity contribution is 0.0688. The zero-order valence-corrected chi connectivity index (χ0v) is 13.8. The number of aromatic nitrogens is 2. The SMILES string of the molecule is Nc1nc(-c2ccccc2)nc2cccc(OC(F)c3ccccc3)c12. The van der Waals surface area contributed by atoms with Crippen LogP contribution in [0.5, 0.6) is 5.75 Å². The average molecular weight is 345 g/mol. The van der Waals surface area contributed by atoms with Gasteiger partial charge >= 0.3 is 0 Å². The van der Waals surface area contributed by atoms with E-state index in [0.29, 0.717) is 28.0 Å². The van der Waals surface area contributed by atoms with Gasteiger partial charge in [0.25, 0.3) is 6.36 Å². The largest absolute Gasteiger partial charge is 0.455 e. The molecular weight excluding hydrogens is 329 g/mol. The fourth-order valence-electron chi connectivity index (χ4n) is 2.78. The number of rotatable bonds is 4. The topological polar surface area (TPSA) is 61.0 Å². The zero-order valence-electron chi connectivity index (χ0n) is 13.8. The number of hydrogen-bond acceptors (Lipinski definition) is 4. The molecule has 3 aromatic carbocycles. The van der Waals surface area contributed by atoms with E-state index in [4.69, 9.17) is 10.5 Å². The van der Waals surface area contributed by atoms with Gasteiger partial charge in [0.2, 0.25) is 0 Å². The van der Waals surface area contributed by atoms with Gasteiger partial charge in [-0.2, -0.15) is 4.39 Å². The molecule has 0 aliphatic heterocycles. The third-order valence-electron chi connectivity index (χ3n) is 4.04. The van der Waals surface area contributed by atoms with Gasteiger partial charge in [-0.3, -0.25) is 0 Å². The van der Waals surface area contributed by atoms with Crippen LogP contribution in [0.15, 0.2) is 78.9 Å². The van der Waals surface area contributed by atoms with Crippen molar-refractivity contribution >= 4 is 16.7 Å². The molecule has 128 valence electrons. The summed E-state index contributed by atoms with van der Waals surface area (Å²) in [5, 5.41) is 0.505. The first-order valence-electron chi connectivity index (χ1n) is 8.20. The Morgan fingerprint density at radius 3 is 2.23 bits per heavy atom. The normalized spacial score (nSPS) is 12.0. The summed E-state index contributed by atoms with van der Waals surface area (Å²) >= 11 is 0. The number of anilines is 1. The molecule has 2 N–H and O–H groups in total. The van der Waals surface area contributed by atoms with Gasteiger partial charge in [0.1, 0.15) is 11.6 Å². The van der Waals surface area contributed by atoms with Crippen LogP contribution < -0.4 is 10.5 Å². The average Bonchev–Trinajstić information content (AvgIpc) is 2.69. The summed E-state index contributed by atoms with van der Waals surface area (Å²) in [5.74, 6) is 1.09. The Labute approximate surface area is 150 Å². The minimum atomic E-state index is -1.60. The molecule has 0 amide bonds. The van der Waals surface area contributed by atoms with Crippen LogP contribution in [0.3, 0.4) is 0 Å².